The van der Waals surface area contributed by atoms with Crippen molar-refractivity contribution in [1.82, 2.24) is 9.97 Å². The molecule has 0 radical (unpaired) electrons. The number of hydrogen-bond donors (Lipinski definition) is 1. The van der Waals surface area contributed by atoms with Crippen LogP contribution in [0.4, 0.5) is 5.69 Å². The van der Waals surface area contributed by atoms with Gasteiger partial charge in [0.25, 0.3) is 0 Å². The van der Waals surface area contributed by atoms with Crippen molar-refractivity contribution >= 4 is 67.5 Å². The number of thioether (sulfide) groups is 1. The average Bonchev–Trinajstić information content (AvgIpc) is 3.14. The monoisotopic (exact) mass is 517 g/mol. The normalized spacial score (nSPS) is 10.9. The van der Waals surface area contributed by atoms with E-state index in [0.29, 0.717) is 5.75 Å². The van der Waals surface area contributed by atoms with Crippen molar-refractivity contribution in [2.24, 2.45) is 0 Å². The van der Waals surface area contributed by atoms with Crippen LogP contribution in [0, 0.1) is 10.5 Å². The van der Waals surface area contributed by atoms with Gasteiger partial charge in [-0.3, -0.25) is 4.79 Å². The second kappa shape index (κ2) is 8.59. The van der Waals surface area contributed by atoms with E-state index in [9.17, 15) is 4.79 Å². The highest BCUT2D eigenvalue weighted by Gasteiger charge is 2.13. The molecule has 0 saturated carbocycles. The first-order chi connectivity index (χ1) is 13.6. The topological polar surface area (TPSA) is 54.9 Å². The van der Waals surface area contributed by atoms with Gasteiger partial charge in [-0.2, -0.15) is 0 Å². The Morgan fingerprint density at radius 3 is 2.75 bits per heavy atom. The minimum atomic E-state index is -0.0421. The zero-order valence-corrected chi connectivity index (χ0v) is 18.8. The Morgan fingerprint density at radius 2 is 1.96 bits per heavy atom. The zero-order valence-electron chi connectivity index (χ0n) is 15.0. The molecule has 0 atom stereocenters. The van der Waals surface area contributed by atoms with Gasteiger partial charge >= 0.3 is 0 Å². The molecule has 0 aliphatic carbocycles. The lowest BCUT2D eigenvalue weighted by Crippen LogP contribution is -2.15. The third kappa shape index (κ3) is 4.37. The summed E-state index contributed by atoms with van der Waals surface area (Å²) in [5.74, 6) is 0.258. The van der Waals surface area contributed by atoms with Crippen LogP contribution < -0.4 is 5.32 Å². The lowest BCUT2D eigenvalue weighted by atomic mass is 10.2. The number of nitrogens with one attached hydrogen (secondary N) is 1. The number of hydrogen-bond acceptors (Lipinski definition) is 5. The molecule has 2 heterocycles. The number of carbonyl (C=O) groups is 1. The molecule has 2 aromatic carbocycles. The number of aryl methyl sites for hydroxylation is 1. The fourth-order valence-electron chi connectivity index (χ4n) is 2.78. The van der Waals surface area contributed by atoms with Gasteiger partial charge in [-0.1, -0.05) is 42.1 Å². The van der Waals surface area contributed by atoms with Gasteiger partial charge in [-0.15, -0.1) is 11.3 Å². The summed E-state index contributed by atoms with van der Waals surface area (Å²) < 4.78 is 1.15. The van der Waals surface area contributed by atoms with Crippen LogP contribution in [0.5, 0.6) is 0 Å². The van der Waals surface area contributed by atoms with Crippen LogP contribution in [0.25, 0.3) is 20.7 Å². The number of nitrogens with zero attached hydrogens (tertiary/aromatic N) is 2. The highest BCUT2D eigenvalue weighted by atomic mass is 127. The molecule has 1 amide bonds. The summed E-state index contributed by atoms with van der Waals surface area (Å²) in [6.07, 6.45) is 1.57. The van der Waals surface area contributed by atoms with Gasteiger partial charge in [0.15, 0.2) is 0 Å². The van der Waals surface area contributed by atoms with Crippen molar-refractivity contribution in [3.05, 3.63) is 70.1 Å². The van der Waals surface area contributed by atoms with Crippen molar-refractivity contribution in [3.8, 4) is 10.4 Å². The Bertz CT molecular complexity index is 1150. The highest BCUT2D eigenvalue weighted by Crippen LogP contribution is 2.36. The van der Waals surface area contributed by atoms with Gasteiger partial charge in [0.05, 0.1) is 5.75 Å². The molecule has 0 bridgehead atoms. The molecule has 0 aliphatic heterocycles. The summed E-state index contributed by atoms with van der Waals surface area (Å²) in [6, 6.07) is 18.3. The summed E-state index contributed by atoms with van der Waals surface area (Å²) in [4.78, 5) is 23.3. The van der Waals surface area contributed by atoms with Crippen LogP contribution in [0.1, 0.15) is 5.56 Å². The smallest absolute Gasteiger partial charge is 0.234 e. The van der Waals surface area contributed by atoms with Crippen molar-refractivity contribution in [1.29, 1.82) is 0 Å². The maximum atomic E-state index is 12.4. The van der Waals surface area contributed by atoms with Crippen LogP contribution in [-0.4, -0.2) is 21.6 Å². The summed E-state index contributed by atoms with van der Waals surface area (Å²) in [7, 11) is 0. The van der Waals surface area contributed by atoms with E-state index in [0.717, 1.165) is 40.5 Å². The quantitative estimate of drug-likeness (QED) is 0.200. The first-order valence-corrected chi connectivity index (χ1v) is 11.5. The van der Waals surface area contributed by atoms with Crippen LogP contribution in [-0.2, 0) is 4.79 Å². The summed E-state index contributed by atoms with van der Waals surface area (Å²) in [6.45, 7) is 2.00. The third-order valence-corrected chi connectivity index (χ3v) is 6.92. The van der Waals surface area contributed by atoms with Gasteiger partial charge in [-0.05, 0) is 64.9 Å². The number of benzene rings is 2. The Morgan fingerprint density at radius 1 is 1.14 bits per heavy atom. The van der Waals surface area contributed by atoms with Crippen molar-refractivity contribution in [2.75, 3.05) is 11.1 Å². The molecule has 0 unspecified atom stereocenters. The van der Waals surface area contributed by atoms with Crippen LogP contribution in [0.15, 0.2) is 66.0 Å². The molecule has 7 heteroatoms. The second-order valence-electron chi connectivity index (χ2n) is 6.17. The Labute approximate surface area is 184 Å². The van der Waals surface area contributed by atoms with E-state index in [1.165, 1.54) is 11.8 Å². The molecule has 4 aromatic rings. The second-order valence-corrected chi connectivity index (χ2v) is 9.41. The van der Waals surface area contributed by atoms with E-state index >= 15 is 0 Å². The molecule has 140 valence electrons. The molecule has 0 spiro atoms. The maximum absolute atomic E-state index is 12.4. The van der Waals surface area contributed by atoms with E-state index < -0.39 is 0 Å². The highest BCUT2D eigenvalue weighted by molar-refractivity contribution is 14.1. The van der Waals surface area contributed by atoms with Gasteiger partial charge in [0.2, 0.25) is 5.91 Å². The number of amides is 1. The van der Waals surface area contributed by atoms with E-state index in [1.807, 2.05) is 43.3 Å². The number of halogens is 1. The lowest BCUT2D eigenvalue weighted by molar-refractivity contribution is -0.113. The van der Waals surface area contributed by atoms with Crippen molar-refractivity contribution in [2.45, 2.75) is 11.9 Å². The maximum Gasteiger partial charge on any atom is 0.234 e. The Balaban J connectivity index is 1.50. The fraction of sp³-hybridized carbons (Fsp3) is 0.0952. The minimum Gasteiger partial charge on any atom is -0.325 e. The SMILES string of the molecule is Cc1cc(I)ccc1NC(=O)CSc1ncnc2sc(-c3ccccc3)cc12. The predicted octanol–water partition coefficient (Wildman–Crippen LogP) is 6.00. The first-order valence-electron chi connectivity index (χ1n) is 8.59. The van der Waals surface area contributed by atoms with E-state index in [1.54, 1.807) is 17.7 Å². The van der Waals surface area contributed by atoms with E-state index in [-0.39, 0.29) is 5.91 Å². The zero-order chi connectivity index (χ0) is 19.5. The molecule has 28 heavy (non-hydrogen) atoms. The molecule has 4 nitrogen and oxygen atoms in total. The molecule has 0 saturated heterocycles. The first kappa shape index (κ1) is 19.4. The summed E-state index contributed by atoms with van der Waals surface area (Å²) >= 11 is 5.34. The van der Waals surface area contributed by atoms with Crippen LogP contribution >= 0.6 is 45.7 Å². The number of rotatable bonds is 5. The molecule has 0 aliphatic rings. The predicted molar refractivity (Wildman–Crippen MR) is 126 cm³/mol. The van der Waals surface area contributed by atoms with E-state index in [2.05, 4.69) is 56.1 Å². The van der Waals surface area contributed by atoms with Gasteiger partial charge in [0.1, 0.15) is 16.2 Å². The van der Waals surface area contributed by atoms with E-state index in [4.69, 9.17) is 0 Å². The van der Waals surface area contributed by atoms with Crippen molar-refractivity contribution < 1.29 is 4.79 Å². The molecule has 0 fully saturated rings. The van der Waals surface area contributed by atoms with Crippen molar-refractivity contribution in [3.63, 3.8) is 0 Å². The summed E-state index contributed by atoms with van der Waals surface area (Å²) in [5, 5.41) is 4.81. The molecule has 4 rings (SSSR count). The molecular formula is C21H16IN3OS2. The number of aromatic nitrogens is 2. The van der Waals surface area contributed by atoms with Gasteiger partial charge < -0.3 is 5.32 Å². The molecule has 2 aromatic heterocycles. The van der Waals surface area contributed by atoms with Crippen LogP contribution in [0.3, 0.4) is 0 Å². The third-order valence-electron chi connectivity index (χ3n) is 4.15. The van der Waals surface area contributed by atoms with Gasteiger partial charge in [0, 0.05) is 19.5 Å². The minimum absolute atomic E-state index is 0.0421. The standard InChI is InChI=1S/C21H16IN3OS2/c1-13-9-15(22)7-8-17(13)25-19(26)11-27-20-16-10-18(14-5-3-2-4-6-14)28-21(16)24-12-23-20/h2-10,12H,11H2,1H3,(H,25,26). The van der Waals surface area contributed by atoms with Crippen LogP contribution in [0.2, 0.25) is 0 Å². The average molecular weight is 517 g/mol. The summed E-state index contributed by atoms with van der Waals surface area (Å²) in [5.41, 5.74) is 3.06. The number of anilines is 1. The lowest BCUT2D eigenvalue weighted by Gasteiger charge is -2.08. The Kier molecular flexibility index (Phi) is 5.93. The number of fused-ring (bicyclic) bond motifs is 1. The number of thiophene rings is 1. The number of carbonyl (C=O) groups excluding carboxylic acids is 1. The molecule has 1 N–H and O–H groups in total. The Hall–Kier alpha value is -1.97. The largest absolute Gasteiger partial charge is 0.325 e. The van der Waals surface area contributed by atoms with Gasteiger partial charge in [-0.25, -0.2) is 9.97 Å². The molecular weight excluding hydrogens is 501 g/mol. The fourth-order valence-corrected chi connectivity index (χ4v) is 5.27.